The second kappa shape index (κ2) is 10.9. The topological polar surface area (TPSA) is 87.7 Å². The summed E-state index contributed by atoms with van der Waals surface area (Å²) < 4.78 is 5.48. The van der Waals surface area contributed by atoms with Gasteiger partial charge in [0.05, 0.1) is 0 Å². The van der Waals surface area contributed by atoms with Gasteiger partial charge in [-0.3, -0.25) is 14.5 Å². The van der Waals surface area contributed by atoms with Crippen LogP contribution >= 0.6 is 0 Å². The summed E-state index contributed by atoms with van der Waals surface area (Å²) in [5.74, 6) is -0.293. The Balaban J connectivity index is 1.27. The van der Waals surface area contributed by atoms with E-state index in [1.54, 1.807) is 0 Å². The van der Waals surface area contributed by atoms with E-state index >= 15 is 0 Å². The fourth-order valence-corrected chi connectivity index (χ4v) is 4.68. The Morgan fingerprint density at radius 2 is 1.73 bits per heavy atom. The first kappa shape index (κ1) is 24.6. The zero-order valence-corrected chi connectivity index (χ0v) is 20.9. The first-order chi connectivity index (χ1) is 18.0. The predicted molar refractivity (Wildman–Crippen MR) is 142 cm³/mol. The van der Waals surface area contributed by atoms with Gasteiger partial charge in [0.25, 0.3) is 5.91 Å². The van der Waals surface area contributed by atoms with Crippen molar-refractivity contribution in [2.75, 3.05) is 11.9 Å². The molecule has 1 atom stereocenters. The molecule has 3 aromatic carbocycles. The number of nitrogens with zero attached hydrogens (tertiary/aromatic N) is 1. The van der Waals surface area contributed by atoms with Crippen molar-refractivity contribution in [3.05, 3.63) is 89.5 Å². The summed E-state index contributed by atoms with van der Waals surface area (Å²) >= 11 is 0. The van der Waals surface area contributed by atoms with Crippen molar-refractivity contribution in [2.45, 2.75) is 51.3 Å². The summed E-state index contributed by atoms with van der Waals surface area (Å²) in [6.45, 7) is 2.60. The summed E-state index contributed by atoms with van der Waals surface area (Å²) in [5, 5.41) is 6.05. The van der Waals surface area contributed by atoms with Crippen LogP contribution in [0.25, 0.3) is 11.1 Å². The molecule has 1 saturated heterocycles. The number of hydrogen-bond donors (Lipinski definition) is 2. The van der Waals surface area contributed by atoms with E-state index in [1.807, 2.05) is 79.7 Å². The van der Waals surface area contributed by atoms with Gasteiger partial charge >= 0.3 is 6.09 Å². The van der Waals surface area contributed by atoms with Crippen LogP contribution in [-0.2, 0) is 16.1 Å². The summed E-state index contributed by atoms with van der Waals surface area (Å²) in [6.07, 6.45) is 2.93. The molecular weight excluding hydrogens is 466 g/mol. The Hall–Kier alpha value is -4.13. The number of likely N-dealkylation sites (tertiary alicyclic amines) is 1. The van der Waals surface area contributed by atoms with Crippen LogP contribution in [0.3, 0.4) is 0 Å². The Labute approximate surface area is 216 Å². The van der Waals surface area contributed by atoms with E-state index < -0.39 is 12.1 Å². The fourth-order valence-electron chi connectivity index (χ4n) is 4.68. The maximum Gasteiger partial charge on any atom is 0.410 e. The molecule has 2 aliphatic rings. The number of ether oxygens (including phenoxy) is 1. The normalized spacial score (nSPS) is 16.8. The van der Waals surface area contributed by atoms with Gasteiger partial charge in [-0.05, 0) is 73.1 Å². The molecule has 2 N–H and O–H groups in total. The van der Waals surface area contributed by atoms with Crippen LogP contribution in [0.1, 0.15) is 47.2 Å². The van der Waals surface area contributed by atoms with Gasteiger partial charge in [0.15, 0.2) is 0 Å². The lowest BCUT2D eigenvalue weighted by Crippen LogP contribution is -2.43. The lowest BCUT2D eigenvalue weighted by molar-refractivity contribution is -0.120. The Kier molecular flexibility index (Phi) is 7.21. The van der Waals surface area contributed by atoms with E-state index in [-0.39, 0.29) is 18.4 Å². The van der Waals surface area contributed by atoms with E-state index in [1.165, 1.54) is 4.90 Å². The van der Waals surface area contributed by atoms with Gasteiger partial charge in [-0.15, -0.1) is 0 Å². The second-order valence-electron chi connectivity index (χ2n) is 9.69. The molecule has 0 spiro atoms. The fraction of sp³-hybridized carbons (Fsp3) is 0.300. The monoisotopic (exact) mass is 497 g/mol. The Morgan fingerprint density at radius 1 is 0.946 bits per heavy atom. The highest BCUT2D eigenvalue weighted by molar-refractivity contribution is 5.99. The molecule has 7 heteroatoms. The van der Waals surface area contributed by atoms with Gasteiger partial charge in [0, 0.05) is 23.8 Å². The lowest BCUT2D eigenvalue weighted by atomic mass is 9.97. The quantitative estimate of drug-likeness (QED) is 0.464. The molecule has 1 aliphatic carbocycles. The first-order valence-electron chi connectivity index (χ1n) is 12.8. The molecule has 5 rings (SSSR count). The van der Waals surface area contributed by atoms with Crippen LogP contribution in [0.2, 0.25) is 0 Å². The average molecular weight is 498 g/mol. The van der Waals surface area contributed by atoms with Crippen molar-refractivity contribution in [1.29, 1.82) is 0 Å². The molecule has 1 aliphatic heterocycles. The first-order valence-corrected chi connectivity index (χ1v) is 12.8. The summed E-state index contributed by atoms with van der Waals surface area (Å²) in [6, 6.07) is 22.4. The molecule has 37 heavy (non-hydrogen) atoms. The van der Waals surface area contributed by atoms with Crippen molar-refractivity contribution < 1.29 is 19.1 Å². The van der Waals surface area contributed by atoms with Gasteiger partial charge < -0.3 is 15.4 Å². The summed E-state index contributed by atoms with van der Waals surface area (Å²) in [5.41, 5.74) is 4.94. The van der Waals surface area contributed by atoms with E-state index in [4.69, 9.17) is 4.74 Å². The highest BCUT2D eigenvalue weighted by Crippen LogP contribution is 2.30. The SMILES string of the molecule is Cc1c(NC(=O)C2CCCN2C(=O)OCc2ccccc2)cccc1-c1cccc(C(=O)NC2CC2)c1. The van der Waals surface area contributed by atoms with Gasteiger partial charge in [0.2, 0.25) is 5.91 Å². The molecule has 7 nitrogen and oxygen atoms in total. The van der Waals surface area contributed by atoms with E-state index in [0.29, 0.717) is 30.3 Å². The van der Waals surface area contributed by atoms with Crippen molar-refractivity contribution in [3.8, 4) is 11.1 Å². The molecule has 0 radical (unpaired) electrons. The summed E-state index contributed by atoms with van der Waals surface area (Å²) in [7, 11) is 0. The van der Waals surface area contributed by atoms with Gasteiger partial charge in [-0.25, -0.2) is 4.79 Å². The van der Waals surface area contributed by atoms with Crippen molar-refractivity contribution in [1.82, 2.24) is 10.2 Å². The number of rotatable bonds is 7. The predicted octanol–water partition coefficient (Wildman–Crippen LogP) is 5.29. The Bertz CT molecular complexity index is 1300. The molecule has 0 aromatic heterocycles. The van der Waals surface area contributed by atoms with Gasteiger partial charge in [-0.1, -0.05) is 54.6 Å². The molecule has 1 saturated carbocycles. The minimum Gasteiger partial charge on any atom is -0.445 e. The molecule has 2 fully saturated rings. The number of hydrogen-bond acceptors (Lipinski definition) is 4. The van der Waals surface area contributed by atoms with Crippen LogP contribution in [0.5, 0.6) is 0 Å². The maximum absolute atomic E-state index is 13.2. The third-order valence-corrected chi connectivity index (χ3v) is 6.94. The average Bonchev–Trinajstić information content (AvgIpc) is 3.59. The lowest BCUT2D eigenvalue weighted by Gasteiger charge is -2.24. The number of carbonyl (C=O) groups excluding carboxylic acids is 3. The van der Waals surface area contributed by atoms with E-state index in [2.05, 4.69) is 10.6 Å². The van der Waals surface area contributed by atoms with E-state index in [9.17, 15) is 14.4 Å². The maximum atomic E-state index is 13.2. The van der Waals surface area contributed by atoms with Crippen molar-refractivity contribution >= 4 is 23.6 Å². The molecule has 3 aromatic rings. The molecule has 1 unspecified atom stereocenters. The number of amides is 3. The van der Waals surface area contributed by atoms with Crippen LogP contribution in [-0.4, -0.2) is 41.4 Å². The molecule has 190 valence electrons. The van der Waals surface area contributed by atoms with Crippen LogP contribution in [0, 0.1) is 6.92 Å². The highest BCUT2D eigenvalue weighted by Gasteiger charge is 2.35. The van der Waals surface area contributed by atoms with Crippen LogP contribution in [0.15, 0.2) is 72.8 Å². The number of carbonyl (C=O) groups is 3. The number of benzene rings is 3. The molecular formula is C30H31N3O4. The minimum absolute atomic E-state index is 0.0630. The summed E-state index contributed by atoms with van der Waals surface area (Å²) in [4.78, 5) is 40.0. The van der Waals surface area contributed by atoms with Crippen LogP contribution in [0.4, 0.5) is 10.5 Å². The highest BCUT2D eigenvalue weighted by atomic mass is 16.6. The minimum atomic E-state index is -0.583. The smallest absolute Gasteiger partial charge is 0.410 e. The van der Waals surface area contributed by atoms with Gasteiger partial charge in [0.1, 0.15) is 12.6 Å². The largest absolute Gasteiger partial charge is 0.445 e. The number of nitrogens with one attached hydrogen (secondary N) is 2. The standard InChI is InChI=1S/C30H31N3O4/c1-20-25(22-10-5-11-23(18-22)28(34)31-24-15-16-24)12-6-13-26(20)32-29(35)27-14-7-17-33(27)30(36)37-19-21-8-3-2-4-9-21/h2-6,8-13,18,24,27H,7,14-17,19H2,1H3,(H,31,34)(H,32,35). The Morgan fingerprint density at radius 3 is 2.51 bits per heavy atom. The molecule has 1 heterocycles. The zero-order valence-electron chi connectivity index (χ0n) is 20.9. The third kappa shape index (κ3) is 5.82. The molecule has 3 amide bonds. The van der Waals surface area contributed by atoms with Crippen LogP contribution < -0.4 is 10.6 Å². The van der Waals surface area contributed by atoms with Crippen molar-refractivity contribution in [2.24, 2.45) is 0 Å². The molecule has 0 bridgehead atoms. The zero-order chi connectivity index (χ0) is 25.8. The number of anilines is 1. The van der Waals surface area contributed by atoms with Crippen molar-refractivity contribution in [3.63, 3.8) is 0 Å². The van der Waals surface area contributed by atoms with E-state index in [0.717, 1.165) is 41.5 Å². The third-order valence-electron chi connectivity index (χ3n) is 6.94. The van der Waals surface area contributed by atoms with Gasteiger partial charge in [-0.2, -0.15) is 0 Å². The second-order valence-corrected chi connectivity index (χ2v) is 9.69.